The van der Waals surface area contributed by atoms with Gasteiger partial charge in [-0.1, -0.05) is 24.3 Å². The van der Waals surface area contributed by atoms with Crippen LogP contribution in [0.15, 0.2) is 48.5 Å². The Bertz CT molecular complexity index is 1150. The van der Waals surface area contributed by atoms with Crippen molar-refractivity contribution in [3.8, 4) is 23.0 Å². The molecule has 12 heteroatoms. The molecule has 242 valence electrons. The van der Waals surface area contributed by atoms with Crippen LogP contribution in [0.4, 0.5) is 0 Å². The molecule has 0 aromatic heterocycles. The summed E-state index contributed by atoms with van der Waals surface area (Å²) in [5, 5.41) is 1.97. The molecule has 0 spiro atoms. The lowest BCUT2D eigenvalue weighted by Gasteiger charge is -2.14. The minimum atomic E-state index is 0.434. The van der Waals surface area contributed by atoms with Crippen LogP contribution < -0.4 is 18.9 Å². The van der Waals surface area contributed by atoms with E-state index in [9.17, 15) is 0 Å². The zero-order valence-electron chi connectivity index (χ0n) is 24.8. The molecule has 0 amide bonds. The van der Waals surface area contributed by atoms with Gasteiger partial charge in [0.15, 0.2) is 0 Å². The minimum absolute atomic E-state index is 0.434. The average Bonchev–Trinajstić information content (AvgIpc) is 3.03. The summed E-state index contributed by atoms with van der Waals surface area (Å²) in [7, 11) is 0. The number of fused-ring (bicyclic) bond motifs is 26. The Morgan fingerprint density at radius 3 is 0.932 bits per heavy atom. The Hall–Kier alpha value is -1.66. The zero-order valence-corrected chi connectivity index (χ0v) is 29.1. The van der Waals surface area contributed by atoms with Gasteiger partial charge in [-0.05, 0) is 69.4 Å². The van der Waals surface area contributed by atoms with Gasteiger partial charge < -0.3 is 47.4 Å². The van der Waals surface area contributed by atoms with Crippen molar-refractivity contribution in [3.63, 3.8) is 0 Å². The molecule has 2 aliphatic rings. The number of hydrogen-bond acceptors (Lipinski definition) is 10. The molecule has 3 aromatic carbocycles. The summed E-state index contributed by atoms with van der Waals surface area (Å²) in [5.41, 5.74) is 0. The number of ether oxygens (including phenoxy) is 10. The van der Waals surface area contributed by atoms with Gasteiger partial charge in [0.1, 0.15) is 49.4 Å². The first-order valence-corrected chi connectivity index (χ1v) is 16.9. The Morgan fingerprint density at radius 2 is 0.614 bits per heavy atom. The minimum Gasteiger partial charge on any atom is -0.491 e. The van der Waals surface area contributed by atoms with Gasteiger partial charge in [-0.25, -0.2) is 0 Å². The highest BCUT2D eigenvalue weighted by Gasteiger charge is 2.10. The van der Waals surface area contributed by atoms with Crippen molar-refractivity contribution in [2.45, 2.75) is 0 Å². The normalized spacial score (nSPS) is 18.3. The molecule has 0 aliphatic carbocycles. The van der Waals surface area contributed by atoms with Gasteiger partial charge in [-0.15, -0.1) is 0 Å². The maximum absolute atomic E-state index is 6.01. The van der Waals surface area contributed by atoms with Gasteiger partial charge in [0.25, 0.3) is 0 Å². The summed E-state index contributed by atoms with van der Waals surface area (Å²) in [6, 6.07) is 15.8. The molecule has 0 fully saturated rings. The summed E-state index contributed by atoms with van der Waals surface area (Å²) in [6.45, 7) is 7.53. The lowest BCUT2D eigenvalue weighted by Crippen LogP contribution is -2.15. The fourth-order valence-corrected chi connectivity index (χ4v) is 5.35. The van der Waals surface area contributed by atoms with Crippen molar-refractivity contribution >= 4 is 56.0 Å². The molecular weight excluding hydrogens is 798 g/mol. The van der Waals surface area contributed by atoms with E-state index in [0.29, 0.717) is 106 Å². The summed E-state index contributed by atoms with van der Waals surface area (Å²) in [6.07, 6.45) is 0. The molecule has 3 aromatic rings. The van der Waals surface area contributed by atoms with Crippen LogP contribution in [0, 0.1) is 7.14 Å². The van der Waals surface area contributed by atoms with Crippen LogP contribution in [-0.2, 0) is 28.4 Å². The van der Waals surface area contributed by atoms with E-state index >= 15 is 0 Å². The number of benzene rings is 3. The molecule has 0 saturated carbocycles. The lowest BCUT2D eigenvalue weighted by atomic mass is 10.1. The van der Waals surface area contributed by atoms with E-state index in [1.807, 2.05) is 48.5 Å². The van der Waals surface area contributed by atoms with Crippen molar-refractivity contribution < 1.29 is 47.4 Å². The first kappa shape index (κ1) is 35.2. The SMILES string of the molecule is Ic1cc2c(I)cc1OCCOCCOCCOCCOc1cccc3c(cccc13)OCCOCCOCCOCCO2. The van der Waals surface area contributed by atoms with Crippen molar-refractivity contribution in [2.24, 2.45) is 0 Å². The maximum Gasteiger partial charge on any atom is 0.134 e. The second-order valence-corrected chi connectivity index (χ2v) is 11.7. The molecule has 0 atom stereocenters. The predicted octanol–water partition coefficient (Wildman–Crippen LogP) is 5.38. The highest BCUT2D eigenvalue weighted by molar-refractivity contribution is 14.1. The maximum atomic E-state index is 6.01. The van der Waals surface area contributed by atoms with E-state index in [2.05, 4.69) is 45.2 Å². The molecule has 44 heavy (non-hydrogen) atoms. The topological polar surface area (TPSA) is 92.3 Å². The third kappa shape index (κ3) is 12.6. The van der Waals surface area contributed by atoms with Crippen LogP contribution in [0.2, 0.25) is 0 Å². The van der Waals surface area contributed by atoms with Gasteiger partial charge in [-0.3, -0.25) is 0 Å². The average molecular weight is 838 g/mol. The smallest absolute Gasteiger partial charge is 0.134 e. The molecule has 2 aliphatic heterocycles. The van der Waals surface area contributed by atoms with E-state index in [0.717, 1.165) is 40.9 Å². The van der Waals surface area contributed by atoms with E-state index in [1.54, 1.807) is 0 Å². The third-order valence-corrected chi connectivity index (χ3v) is 7.94. The highest BCUT2D eigenvalue weighted by Crippen LogP contribution is 2.33. The van der Waals surface area contributed by atoms with Gasteiger partial charge in [-0.2, -0.15) is 0 Å². The van der Waals surface area contributed by atoms with Crippen LogP contribution in [0.3, 0.4) is 0 Å². The van der Waals surface area contributed by atoms with E-state index in [1.165, 1.54) is 0 Å². The molecule has 10 nitrogen and oxygen atoms in total. The summed E-state index contributed by atoms with van der Waals surface area (Å²) in [5.74, 6) is 3.18. The van der Waals surface area contributed by atoms with Gasteiger partial charge >= 0.3 is 0 Å². The Morgan fingerprint density at radius 1 is 0.341 bits per heavy atom. The molecule has 0 unspecified atom stereocenters. The number of halogens is 2. The summed E-state index contributed by atoms with van der Waals surface area (Å²) < 4.78 is 59.6. The van der Waals surface area contributed by atoms with Crippen LogP contribution in [0.1, 0.15) is 0 Å². The second-order valence-electron chi connectivity index (χ2n) is 9.39. The Kier molecular flexibility index (Phi) is 17.0. The van der Waals surface area contributed by atoms with Crippen molar-refractivity contribution in [1.29, 1.82) is 0 Å². The number of hydrogen-bond donors (Lipinski definition) is 0. The lowest BCUT2D eigenvalue weighted by molar-refractivity contribution is 0.00478. The molecule has 0 saturated heterocycles. The van der Waals surface area contributed by atoms with Gasteiger partial charge in [0, 0.05) is 10.8 Å². The quantitative estimate of drug-likeness (QED) is 0.217. The third-order valence-electron chi connectivity index (χ3n) is 6.26. The standard InChI is InChI=1S/C32H40I2O10/c33-27-24-32-28(34)23-31(27)43-21-17-39-13-9-35-7-11-37-15-19-41-29-5-1-3-25-26(29)4-2-6-30(25)42-20-16-38-12-8-36-10-14-40-18-22-44-32/h1-6,23-24H,7-22H2. The van der Waals surface area contributed by atoms with Crippen LogP contribution in [-0.4, -0.2) is 106 Å². The molecular formula is C32H40I2O10. The largest absolute Gasteiger partial charge is 0.491 e. The zero-order chi connectivity index (χ0) is 30.7. The predicted molar refractivity (Wildman–Crippen MR) is 183 cm³/mol. The number of rotatable bonds is 0. The van der Waals surface area contributed by atoms with Gasteiger partial charge in [0.05, 0.1) is 86.4 Å². The molecule has 5 rings (SSSR count). The Labute approximate surface area is 286 Å². The first-order chi connectivity index (χ1) is 21.7. The van der Waals surface area contributed by atoms with E-state index in [-0.39, 0.29) is 0 Å². The van der Waals surface area contributed by atoms with Gasteiger partial charge in [0.2, 0.25) is 0 Å². The molecule has 6 bridgehead atoms. The molecule has 0 N–H and O–H groups in total. The van der Waals surface area contributed by atoms with E-state index < -0.39 is 0 Å². The van der Waals surface area contributed by atoms with Crippen molar-refractivity contribution in [1.82, 2.24) is 0 Å². The summed E-state index contributed by atoms with van der Waals surface area (Å²) in [4.78, 5) is 0. The highest BCUT2D eigenvalue weighted by atomic mass is 127. The first-order valence-electron chi connectivity index (χ1n) is 14.7. The van der Waals surface area contributed by atoms with Crippen molar-refractivity contribution in [2.75, 3.05) is 106 Å². The Balaban J connectivity index is 1.22. The van der Waals surface area contributed by atoms with Crippen molar-refractivity contribution in [3.05, 3.63) is 55.7 Å². The second kappa shape index (κ2) is 21.2. The van der Waals surface area contributed by atoms with Crippen LogP contribution in [0.5, 0.6) is 23.0 Å². The van der Waals surface area contributed by atoms with Crippen LogP contribution in [0.25, 0.3) is 10.8 Å². The fourth-order valence-electron chi connectivity index (χ4n) is 4.16. The fraction of sp³-hybridized carbons (Fsp3) is 0.500. The summed E-state index contributed by atoms with van der Waals surface area (Å²) >= 11 is 4.50. The van der Waals surface area contributed by atoms with Crippen LogP contribution >= 0.6 is 45.2 Å². The molecule has 2 heterocycles. The monoisotopic (exact) mass is 838 g/mol. The molecule has 0 radical (unpaired) electrons. The van der Waals surface area contributed by atoms with E-state index in [4.69, 9.17) is 47.4 Å².